The lowest BCUT2D eigenvalue weighted by Crippen LogP contribution is -1.94. The van der Waals surface area contributed by atoms with Crippen LogP contribution >= 0.6 is 0 Å². The number of hydrogen-bond donors (Lipinski definition) is 0. The molecule has 0 N–H and O–H groups in total. The molecule has 0 aliphatic heterocycles. The molecule has 6 rings (SSSR count). The molecule has 1 nitrogen and oxygen atoms in total. The minimum atomic E-state index is 1.01. The van der Waals surface area contributed by atoms with E-state index in [9.17, 15) is 0 Å². The van der Waals surface area contributed by atoms with Crippen LogP contribution in [0.3, 0.4) is 0 Å². The van der Waals surface area contributed by atoms with Crippen molar-refractivity contribution in [3.63, 3.8) is 0 Å². The van der Waals surface area contributed by atoms with E-state index in [4.69, 9.17) is 4.98 Å². The Balaban J connectivity index is 1.76. The van der Waals surface area contributed by atoms with Gasteiger partial charge in [0.25, 0.3) is 0 Å². The van der Waals surface area contributed by atoms with Crippen LogP contribution < -0.4 is 0 Å². The highest BCUT2D eigenvalue weighted by molar-refractivity contribution is 6.11. The number of benzene rings is 5. The third-order valence-corrected chi connectivity index (χ3v) is 6.19. The van der Waals surface area contributed by atoms with E-state index < -0.39 is 0 Å². The highest BCUT2D eigenvalue weighted by Crippen LogP contribution is 2.42. The normalized spacial score (nSPS) is 11.4. The first-order valence-corrected chi connectivity index (χ1v) is 10.7. The van der Waals surface area contributed by atoms with Crippen LogP contribution in [-0.4, -0.2) is 4.98 Å². The second kappa shape index (κ2) is 7.07. The predicted molar refractivity (Wildman–Crippen MR) is 132 cm³/mol. The number of rotatable bonds is 2. The van der Waals surface area contributed by atoms with Crippen LogP contribution in [-0.2, 0) is 0 Å². The van der Waals surface area contributed by atoms with Crippen LogP contribution in [0.25, 0.3) is 54.8 Å². The van der Waals surface area contributed by atoms with Gasteiger partial charge in [-0.25, -0.2) is 4.98 Å². The number of hydrogen-bond acceptors (Lipinski definition) is 1. The van der Waals surface area contributed by atoms with Crippen LogP contribution in [0.15, 0.2) is 109 Å². The molecule has 146 valence electrons. The second-order valence-electron chi connectivity index (χ2n) is 8.08. The molecule has 0 aliphatic carbocycles. The molecule has 0 fully saturated rings. The minimum absolute atomic E-state index is 1.01. The van der Waals surface area contributed by atoms with Crippen molar-refractivity contribution >= 4 is 32.4 Å². The molecule has 0 unspecified atom stereocenters. The highest BCUT2D eigenvalue weighted by atomic mass is 14.7. The van der Waals surface area contributed by atoms with E-state index in [1.807, 2.05) is 0 Å². The molecule has 6 aromatic rings. The summed E-state index contributed by atoms with van der Waals surface area (Å²) in [6, 6.07) is 38.8. The van der Waals surface area contributed by atoms with Gasteiger partial charge in [0, 0.05) is 10.9 Å². The summed E-state index contributed by atoms with van der Waals surface area (Å²) in [6.45, 7) is 2.21. The van der Waals surface area contributed by atoms with E-state index >= 15 is 0 Å². The molecular weight excluding hydrogens is 374 g/mol. The van der Waals surface area contributed by atoms with Crippen LogP contribution in [0.2, 0.25) is 0 Å². The maximum Gasteiger partial charge on any atom is 0.0716 e. The first-order chi connectivity index (χ1) is 15.3. The molecule has 5 aromatic carbocycles. The average molecular weight is 396 g/mol. The zero-order valence-corrected chi connectivity index (χ0v) is 17.3. The summed E-state index contributed by atoms with van der Waals surface area (Å²) in [5.74, 6) is 0. The van der Waals surface area contributed by atoms with Gasteiger partial charge in [-0.2, -0.15) is 0 Å². The summed E-state index contributed by atoms with van der Waals surface area (Å²) in [5.41, 5.74) is 7.02. The maximum atomic E-state index is 5.05. The van der Waals surface area contributed by atoms with E-state index in [1.54, 1.807) is 0 Å². The van der Waals surface area contributed by atoms with Crippen molar-refractivity contribution in [2.75, 3.05) is 0 Å². The van der Waals surface area contributed by atoms with Crippen molar-refractivity contribution in [2.45, 2.75) is 6.92 Å². The van der Waals surface area contributed by atoms with Crippen molar-refractivity contribution in [2.24, 2.45) is 0 Å². The summed E-state index contributed by atoms with van der Waals surface area (Å²) in [7, 11) is 0. The fourth-order valence-corrected chi connectivity index (χ4v) is 4.68. The zero-order valence-electron chi connectivity index (χ0n) is 17.3. The highest BCUT2D eigenvalue weighted by Gasteiger charge is 2.17. The van der Waals surface area contributed by atoms with E-state index in [0.29, 0.717) is 0 Å². The first-order valence-electron chi connectivity index (χ1n) is 10.7. The number of para-hydroxylation sites is 1. The number of aromatic nitrogens is 1. The molecule has 0 aliphatic rings. The molecule has 1 aromatic heterocycles. The molecule has 0 radical (unpaired) electrons. The Morgan fingerprint density at radius 1 is 0.484 bits per heavy atom. The fourth-order valence-electron chi connectivity index (χ4n) is 4.68. The van der Waals surface area contributed by atoms with Crippen molar-refractivity contribution in [3.8, 4) is 22.4 Å². The lowest BCUT2D eigenvalue weighted by atomic mass is 9.86. The van der Waals surface area contributed by atoms with Gasteiger partial charge >= 0.3 is 0 Å². The van der Waals surface area contributed by atoms with Gasteiger partial charge in [0.2, 0.25) is 0 Å². The van der Waals surface area contributed by atoms with E-state index in [1.165, 1.54) is 43.8 Å². The van der Waals surface area contributed by atoms with Gasteiger partial charge in [-0.15, -0.1) is 0 Å². The van der Waals surface area contributed by atoms with Crippen LogP contribution in [0.4, 0.5) is 0 Å². The molecule has 31 heavy (non-hydrogen) atoms. The molecule has 0 saturated carbocycles. The van der Waals surface area contributed by atoms with Gasteiger partial charge in [-0.05, 0) is 57.3 Å². The Labute approximate surface area is 181 Å². The van der Waals surface area contributed by atoms with E-state index in [0.717, 1.165) is 16.6 Å². The van der Waals surface area contributed by atoms with Crippen molar-refractivity contribution in [1.82, 2.24) is 4.98 Å². The average Bonchev–Trinajstić information content (AvgIpc) is 2.83. The van der Waals surface area contributed by atoms with Crippen LogP contribution in [0.1, 0.15) is 5.56 Å². The topological polar surface area (TPSA) is 12.9 Å². The van der Waals surface area contributed by atoms with E-state index in [2.05, 4.69) is 116 Å². The third-order valence-electron chi connectivity index (χ3n) is 6.19. The van der Waals surface area contributed by atoms with Gasteiger partial charge in [0.05, 0.1) is 11.2 Å². The third kappa shape index (κ3) is 2.90. The standard InChI is InChI=1S/C30H21N/c1-20-14-15-21-8-2-5-11-24(21)29(20)30-25-12-6-3-9-22(25)16-18-26(30)28-19-17-23-10-4-7-13-27(23)31-28/h2-19H,1H3. The Morgan fingerprint density at radius 2 is 1.06 bits per heavy atom. The molecule has 0 bridgehead atoms. The Hall–Kier alpha value is -3.97. The summed E-state index contributed by atoms with van der Waals surface area (Å²) in [6.07, 6.45) is 0. The molecule has 1 heteroatoms. The smallest absolute Gasteiger partial charge is 0.0716 e. The van der Waals surface area contributed by atoms with Crippen molar-refractivity contribution < 1.29 is 0 Å². The largest absolute Gasteiger partial charge is 0.248 e. The fraction of sp³-hybridized carbons (Fsp3) is 0.0333. The van der Waals surface area contributed by atoms with Gasteiger partial charge in [-0.1, -0.05) is 97.1 Å². The molecule has 0 saturated heterocycles. The second-order valence-corrected chi connectivity index (χ2v) is 8.08. The van der Waals surface area contributed by atoms with Gasteiger partial charge < -0.3 is 0 Å². The number of aryl methyl sites for hydroxylation is 1. The van der Waals surface area contributed by atoms with Gasteiger partial charge in [0.15, 0.2) is 0 Å². The monoisotopic (exact) mass is 395 g/mol. The lowest BCUT2D eigenvalue weighted by molar-refractivity contribution is 1.40. The summed E-state index contributed by atoms with van der Waals surface area (Å²) in [4.78, 5) is 5.05. The molecule has 0 spiro atoms. The Morgan fingerprint density at radius 3 is 1.84 bits per heavy atom. The predicted octanol–water partition coefficient (Wildman–Crippen LogP) is 8.18. The van der Waals surface area contributed by atoms with Crippen LogP contribution in [0, 0.1) is 6.92 Å². The first kappa shape index (κ1) is 17.9. The number of nitrogens with zero attached hydrogens (tertiary/aromatic N) is 1. The Bertz CT molecular complexity index is 1590. The maximum absolute atomic E-state index is 5.05. The SMILES string of the molecule is Cc1ccc2ccccc2c1-c1c(-c2ccc3ccccc3n2)ccc2ccccc12. The van der Waals surface area contributed by atoms with E-state index in [-0.39, 0.29) is 0 Å². The quantitative estimate of drug-likeness (QED) is 0.288. The summed E-state index contributed by atoms with van der Waals surface area (Å²) >= 11 is 0. The van der Waals surface area contributed by atoms with Crippen molar-refractivity contribution in [3.05, 3.63) is 115 Å². The zero-order chi connectivity index (χ0) is 20.8. The summed E-state index contributed by atoms with van der Waals surface area (Å²) in [5, 5.41) is 6.20. The number of pyridine rings is 1. The molecule has 0 atom stereocenters. The van der Waals surface area contributed by atoms with Crippen molar-refractivity contribution in [1.29, 1.82) is 0 Å². The molecule has 0 amide bonds. The minimum Gasteiger partial charge on any atom is -0.248 e. The molecular formula is C30H21N. The van der Waals surface area contributed by atoms with Gasteiger partial charge in [0.1, 0.15) is 0 Å². The van der Waals surface area contributed by atoms with Crippen LogP contribution in [0.5, 0.6) is 0 Å². The van der Waals surface area contributed by atoms with Gasteiger partial charge in [-0.3, -0.25) is 0 Å². The Kier molecular flexibility index (Phi) is 4.07. The summed E-state index contributed by atoms with van der Waals surface area (Å²) < 4.78 is 0. The lowest BCUT2D eigenvalue weighted by Gasteiger charge is -2.18. The number of fused-ring (bicyclic) bond motifs is 3. The molecule has 1 heterocycles.